The predicted octanol–water partition coefficient (Wildman–Crippen LogP) is 15.1. The lowest BCUT2D eigenvalue weighted by molar-refractivity contribution is -0.372. The molecule has 4 rings (SSSR count). The third-order valence-corrected chi connectivity index (χ3v) is 13.6. The molecule has 0 spiro atoms. The fourth-order valence-electron chi connectivity index (χ4n) is 8.89. The molecule has 0 atom stereocenters. The van der Waals surface area contributed by atoms with Crippen molar-refractivity contribution in [1.29, 1.82) is 0 Å². The van der Waals surface area contributed by atoms with Crippen LogP contribution in [0.1, 0.15) is 109 Å². The number of esters is 1. The number of phenolic OH excluding ortho intramolecular Hbond substituents is 1. The van der Waals surface area contributed by atoms with Crippen molar-refractivity contribution < 1.29 is 91.0 Å². The van der Waals surface area contributed by atoms with E-state index in [4.69, 9.17) is 4.74 Å². The number of rotatable bonds is 21. The summed E-state index contributed by atoms with van der Waals surface area (Å²) in [7, 11) is 3.13. The second kappa shape index (κ2) is 25.5. The minimum Gasteiger partial charge on any atom is -0.508 e. The molecule has 4 aromatic rings. The average molecular weight is 1080 g/mol. The first-order valence-corrected chi connectivity index (χ1v) is 23.5. The Morgan fingerprint density at radius 1 is 0.493 bits per heavy atom. The van der Waals surface area contributed by atoms with Crippen molar-refractivity contribution in [2.75, 3.05) is 41.5 Å². The van der Waals surface area contributed by atoms with E-state index in [1.807, 2.05) is 58.9 Å². The average Bonchev–Trinajstić information content (AvgIpc) is 3.33. The van der Waals surface area contributed by atoms with Gasteiger partial charge in [0.25, 0.3) is 11.2 Å². The Morgan fingerprint density at radius 2 is 0.827 bits per heavy atom. The number of aromatic hydroxyl groups is 1. The lowest BCUT2D eigenvalue weighted by Gasteiger charge is -2.35. The van der Waals surface area contributed by atoms with E-state index in [0.717, 1.165) is 54.2 Å². The maximum Gasteiger partial charge on any atom is 0.430 e. The minimum atomic E-state index is -5.78. The van der Waals surface area contributed by atoms with Crippen LogP contribution in [0.3, 0.4) is 0 Å². The number of alkyl halides is 12. The molecule has 0 aliphatic rings. The number of benzene rings is 4. The summed E-state index contributed by atoms with van der Waals surface area (Å²) in [6.45, 7) is 12.2. The van der Waals surface area contributed by atoms with E-state index in [0.29, 0.717) is 48.1 Å². The van der Waals surface area contributed by atoms with Crippen LogP contribution < -0.4 is 4.74 Å². The summed E-state index contributed by atoms with van der Waals surface area (Å²) >= 11 is 0. The SMILES string of the molecule is CCC(CC)(c1ccc(/C=C/C(OCOC)(C(F)(F)F)C(F)(F)F)c(C)c1)c1ccc(OCC(=O)OC)c(C)c1.CCC(CC)(c1ccc(O)c(C)c1)c1ccc(/C=C/C(OCOC)(C(F)(F)F)C(F)(F)F)c(C)c1. The van der Waals surface area contributed by atoms with Crippen LogP contribution in [0, 0.1) is 27.7 Å². The highest BCUT2D eigenvalue weighted by atomic mass is 19.4. The van der Waals surface area contributed by atoms with Gasteiger partial charge in [-0.3, -0.25) is 0 Å². The highest BCUT2D eigenvalue weighted by Crippen LogP contribution is 2.50. The molecule has 0 heterocycles. The van der Waals surface area contributed by atoms with Gasteiger partial charge in [-0.2, -0.15) is 52.7 Å². The normalized spacial score (nSPS) is 13.3. The molecular formula is C55H64F12O8. The number of phenols is 1. The molecule has 1 N–H and O–H groups in total. The minimum absolute atomic E-state index is 0.00967. The molecule has 0 bridgehead atoms. The molecule has 0 radical (unpaired) electrons. The number of methoxy groups -OCH3 is 3. The van der Waals surface area contributed by atoms with Gasteiger partial charge in [-0.05, 0) is 133 Å². The summed E-state index contributed by atoms with van der Waals surface area (Å²) < 4.78 is 191. The molecule has 8 nitrogen and oxygen atoms in total. The summed E-state index contributed by atoms with van der Waals surface area (Å²) in [4.78, 5) is 11.4. The maximum absolute atomic E-state index is 13.7. The highest BCUT2D eigenvalue weighted by molar-refractivity contribution is 5.71. The lowest BCUT2D eigenvalue weighted by atomic mass is 9.70. The number of halogens is 12. The van der Waals surface area contributed by atoms with E-state index in [-0.39, 0.29) is 35.6 Å². The lowest BCUT2D eigenvalue weighted by Crippen LogP contribution is -2.57. The van der Waals surface area contributed by atoms with E-state index < -0.39 is 66.3 Å². The third kappa shape index (κ3) is 13.9. The van der Waals surface area contributed by atoms with E-state index in [2.05, 4.69) is 23.7 Å². The Hall–Kier alpha value is -5.57. The Bertz CT molecular complexity index is 2540. The standard InChI is InChI=1S/C29H34F6O5.C26H30F6O3/c1-7-26(8-2,23-11-12-24(20(4)16-23)39-17-25(36)38-6)22-10-9-21(19(3)15-22)13-14-27(28(30,31)32,29(33,34)35)40-18-37-5;1-6-23(7-2,21-10-11-22(33)18(4)15-21)20-9-8-19(17(3)14-20)12-13-24(25(27,28)29,26(30,31)32)35-16-34-5/h9-16H,7-8,17-18H2,1-6H3;8-15,33H,6-7,16H2,1-5H3/b14-13+;13-12+. The topological polar surface area (TPSA) is 92.7 Å². The van der Waals surface area contributed by atoms with Crippen molar-refractivity contribution in [2.24, 2.45) is 0 Å². The molecule has 4 aromatic carbocycles. The Labute approximate surface area is 429 Å². The van der Waals surface area contributed by atoms with Gasteiger partial charge in [-0.15, -0.1) is 0 Å². The molecule has 416 valence electrons. The molecule has 0 aromatic heterocycles. The van der Waals surface area contributed by atoms with Gasteiger partial charge in [-0.25, -0.2) is 4.79 Å². The van der Waals surface area contributed by atoms with Crippen LogP contribution in [0.2, 0.25) is 0 Å². The van der Waals surface area contributed by atoms with Crippen molar-refractivity contribution in [3.8, 4) is 11.5 Å². The van der Waals surface area contributed by atoms with Crippen LogP contribution in [0.4, 0.5) is 52.7 Å². The molecule has 0 unspecified atom stereocenters. The summed E-state index contributed by atoms with van der Waals surface area (Å²) in [5.41, 5.74) is -3.52. The maximum atomic E-state index is 13.7. The first-order valence-electron chi connectivity index (χ1n) is 23.5. The van der Waals surface area contributed by atoms with Gasteiger partial charge >= 0.3 is 30.7 Å². The Kier molecular flexibility index (Phi) is 21.7. The number of carbonyl (C=O) groups is 1. The molecule has 0 aliphatic carbocycles. The summed E-state index contributed by atoms with van der Waals surface area (Å²) in [5, 5.41) is 9.91. The van der Waals surface area contributed by atoms with E-state index >= 15 is 0 Å². The first-order chi connectivity index (χ1) is 34.8. The summed E-state index contributed by atoms with van der Waals surface area (Å²) in [6.07, 6.45) is -18.8. The Morgan fingerprint density at radius 3 is 1.12 bits per heavy atom. The van der Waals surface area contributed by atoms with Crippen molar-refractivity contribution in [2.45, 2.75) is 128 Å². The van der Waals surface area contributed by atoms with Crippen LogP contribution >= 0.6 is 0 Å². The van der Waals surface area contributed by atoms with Crippen molar-refractivity contribution in [3.63, 3.8) is 0 Å². The Balaban J connectivity index is 0.000000399. The largest absolute Gasteiger partial charge is 0.508 e. The highest BCUT2D eigenvalue weighted by Gasteiger charge is 2.72. The molecule has 0 fully saturated rings. The van der Waals surface area contributed by atoms with Gasteiger partial charge in [-0.1, -0.05) is 101 Å². The monoisotopic (exact) mass is 1080 g/mol. The molecule has 0 saturated carbocycles. The number of aryl methyl sites for hydroxylation is 4. The van der Waals surface area contributed by atoms with Gasteiger partial charge in [0.2, 0.25) is 0 Å². The molecule has 75 heavy (non-hydrogen) atoms. The van der Waals surface area contributed by atoms with Gasteiger partial charge in [0, 0.05) is 25.0 Å². The fourth-order valence-corrected chi connectivity index (χ4v) is 8.89. The van der Waals surface area contributed by atoms with Gasteiger partial charge in [0.05, 0.1) is 7.11 Å². The molecule has 0 aliphatic heterocycles. The van der Waals surface area contributed by atoms with Crippen molar-refractivity contribution >= 4 is 18.1 Å². The second-order valence-corrected chi connectivity index (χ2v) is 17.8. The van der Waals surface area contributed by atoms with E-state index in [1.165, 1.54) is 19.2 Å². The van der Waals surface area contributed by atoms with Crippen molar-refractivity contribution in [1.82, 2.24) is 0 Å². The number of carbonyl (C=O) groups excluding carboxylic acids is 1. The molecule has 0 saturated heterocycles. The molecule has 0 amide bonds. The van der Waals surface area contributed by atoms with Crippen LogP contribution in [-0.4, -0.2) is 88.5 Å². The number of ether oxygens (including phenoxy) is 6. The zero-order chi connectivity index (χ0) is 57.0. The zero-order valence-corrected chi connectivity index (χ0v) is 43.5. The van der Waals surface area contributed by atoms with Gasteiger partial charge in [0.1, 0.15) is 25.1 Å². The van der Waals surface area contributed by atoms with Crippen LogP contribution in [0.15, 0.2) is 84.9 Å². The van der Waals surface area contributed by atoms with Crippen LogP contribution in [0.5, 0.6) is 11.5 Å². The third-order valence-electron chi connectivity index (χ3n) is 13.6. The van der Waals surface area contributed by atoms with Gasteiger partial charge < -0.3 is 33.5 Å². The number of hydrogen-bond acceptors (Lipinski definition) is 8. The second-order valence-electron chi connectivity index (χ2n) is 17.8. The fraction of sp³-hybridized carbons (Fsp3) is 0.473. The molecular weight excluding hydrogens is 1020 g/mol. The molecule has 20 heteroatoms. The van der Waals surface area contributed by atoms with E-state index in [1.54, 1.807) is 57.2 Å². The predicted molar refractivity (Wildman–Crippen MR) is 260 cm³/mol. The van der Waals surface area contributed by atoms with Crippen LogP contribution in [-0.2, 0) is 39.3 Å². The van der Waals surface area contributed by atoms with Crippen molar-refractivity contribution in [3.05, 3.63) is 141 Å². The zero-order valence-electron chi connectivity index (χ0n) is 43.5. The number of hydrogen-bond donors (Lipinski definition) is 1. The van der Waals surface area contributed by atoms with Crippen LogP contribution in [0.25, 0.3) is 12.2 Å². The first kappa shape index (κ1) is 63.7. The quantitative estimate of drug-likeness (QED) is 0.0501. The summed E-state index contributed by atoms with van der Waals surface area (Å²) in [6, 6.07) is 20.9. The van der Waals surface area contributed by atoms with Gasteiger partial charge in [0.15, 0.2) is 6.61 Å². The summed E-state index contributed by atoms with van der Waals surface area (Å²) in [5.74, 6) is 0.165. The van der Waals surface area contributed by atoms with E-state index in [9.17, 15) is 62.6 Å². The smallest absolute Gasteiger partial charge is 0.430 e.